The molecule has 2 rings (SSSR count). The van der Waals surface area contributed by atoms with Gasteiger partial charge in [0.1, 0.15) is 5.69 Å². The van der Waals surface area contributed by atoms with E-state index in [1.165, 1.54) is 6.42 Å². The molecule has 1 fully saturated rings. The Balaban J connectivity index is 2.08. The Bertz CT molecular complexity index is 388. The van der Waals surface area contributed by atoms with E-state index in [9.17, 15) is 4.79 Å². The first-order chi connectivity index (χ1) is 7.09. The van der Waals surface area contributed by atoms with E-state index in [2.05, 4.69) is 17.2 Å². The minimum Gasteiger partial charge on any atom is -0.346 e. The van der Waals surface area contributed by atoms with Crippen LogP contribution < -0.4 is 5.32 Å². The maximum absolute atomic E-state index is 11.8. The molecule has 1 aliphatic carbocycles. The van der Waals surface area contributed by atoms with Gasteiger partial charge in [-0.05, 0) is 38.3 Å². The maximum Gasteiger partial charge on any atom is 0.270 e. The zero-order valence-corrected chi connectivity index (χ0v) is 9.34. The van der Waals surface area contributed by atoms with Gasteiger partial charge in [-0.25, -0.2) is 0 Å². The van der Waals surface area contributed by atoms with Gasteiger partial charge in [0.15, 0.2) is 0 Å². The summed E-state index contributed by atoms with van der Waals surface area (Å²) < 4.78 is 0. The summed E-state index contributed by atoms with van der Waals surface area (Å²) in [5.41, 5.74) is 0.344. The van der Waals surface area contributed by atoms with Gasteiger partial charge in [-0.3, -0.25) is 9.78 Å². The predicted molar refractivity (Wildman–Crippen MR) is 59.0 cm³/mol. The van der Waals surface area contributed by atoms with Crippen molar-refractivity contribution in [2.24, 2.45) is 0 Å². The van der Waals surface area contributed by atoms with E-state index in [0.717, 1.165) is 12.8 Å². The third-order valence-electron chi connectivity index (χ3n) is 2.83. The Hall–Kier alpha value is -1.09. The number of carbonyl (C=O) groups excluding carboxylic acids is 1. The van der Waals surface area contributed by atoms with Crippen molar-refractivity contribution in [3.05, 3.63) is 29.0 Å². The number of hydrogen-bond donors (Lipinski definition) is 1. The smallest absolute Gasteiger partial charge is 0.270 e. The molecule has 1 aliphatic rings. The van der Waals surface area contributed by atoms with Crippen molar-refractivity contribution in [2.45, 2.75) is 31.7 Å². The summed E-state index contributed by atoms with van der Waals surface area (Å²) in [5, 5.41) is 3.51. The van der Waals surface area contributed by atoms with Gasteiger partial charge in [0.05, 0.1) is 0 Å². The fraction of sp³-hybridized carbons (Fsp3) is 0.455. The monoisotopic (exact) mass is 224 g/mol. The Morgan fingerprint density at radius 2 is 2.33 bits per heavy atom. The number of rotatable bonds is 2. The lowest BCUT2D eigenvalue weighted by Gasteiger charge is -2.38. The molecule has 0 atom stereocenters. The molecule has 0 spiro atoms. The standard InChI is InChI=1S/C11H13ClN2O/c1-11(4-2-5-11)14-10(15)9-7-8(12)3-6-13-9/h3,6-7H,2,4-5H2,1H3,(H,14,15). The van der Waals surface area contributed by atoms with Gasteiger partial charge < -0.3 is 5.32 Å². The van der Waals surface area contributed by atoms with E-state index >= 15 is 0 Å². The lowest BCUT2D eigenvalue weighted by molar-refractivity contribution is 0.0845. The number of amides is 1. The average Bonchev–Trinajstić information content (AvgIpc) is 2.15. The number of nitrogens with zero attached hydrogens (tertiary/aromatic N) is 1. The van der Waals surface area contributed by atoms with Crippen LogP contribution in [-0.4, -0.2) is 16.4 Å². The van der Waals surface area contributed by atoms with E-state index in [1.54, 1.807) is 18.3 Å². The Morgan fingerprint density at radius 3 is 2.87 bits per heavy atom. The minimum atomic E-state index is -0.139. The lowest BCUT2D eigenvalue weighted by atomic mass is 9.78. The highest BCUT2D eigenvalue weighted by Gasteiger charge is 2.33. The largest absolute Gasteiger partial charge is 0.346 e. The van der Waals surface area contributed by atoms with E-state index in [1.807, 2.05) is 0 Å². The fourth-order valence-electron chi connectivity index (χ4n) is 1.70. The quantitative estimate of drug-likeness (QED) is 0.838. The molecule has 3 nitrogen and oxygen atoms in total. The SMILES string of the molecule is CC1(NC(=O)c2cc(Cl)ccn2)CCC1. The summed E-state index contributed by atoms with van der Waals surface area (Å²) >= 11 is 5.79. The van der Waals surface area contributed by atoms with Crippen molar-refractivity contribution in [2.75, 3.05) is 0 Å². The highest BCUT2D eigenvalue weighted by molar-refractivity contribution is 6.30. The van der Waals surface area contributed by atoms with Gasteiger partial charge in [0, 0.05) is 16.8 Å². The maximum atomic E-state index is 11.8. The van der Waals surface area contributed by atoms with Crippen molar-refractivity contribution in [1.82, 2.24) is 10.3 Å². The third kappa shape index (κ3) is 2.29. The molecule has 0 aromatic carbocycles. The molecule has 4 heteroatoms. The van der Waals surface area contributed by atoms with Crippen molar-refractivity contribution in [1.29, 1.82) is 0 Å². The van der Waals surface area contributed by atoms with E-state index < -0.39 is 0 Å². The number of hydrogen-bond acceptors (Lipinski definition) is 2. The van der Waals surface area contributed by atoms with Crippen LogP contribution in [-0.2, 0) is 0 Å². The molecule has 1 aromatic heterocycles. The number of nitrogens with one attached hydrogen (secondary N) is 1. The van der Waals surface area contributed by atoms with Gasteiger partial charge in [0.25, 0.3) is 5.91 Å². The number of pyridine rings is 1. The van der Waals surface area contributed by atoms with Crippen LogP contribution in [0.5, 0.6) is 0 Å². The molecule has 1 N–H and O–H groups in total. The van der Waals surface area contributed by atoms with E-state index in [4.69, 9.17) is 11.6 Å². The normalized spacial score (nSPS) is 18.0. The Morgan fingerprint density at radius 1 is 1.60 bits per heavy atom. The number of aromatic nitrogens is 1. The molecule has 15 heavy (non-hydrogen) atoms. The summed E-state index contributed by atoms with van der Waals surface area (Å²) in [6.45, 7) is 2.05. The van der Waals surface area contributed by atoms with E-state index in [-0.39, 0.29) is 11.4 Å². The van der Waals surface area contributed by atoms with Crippen LogP contribution in [0, 0.1) is 0 Å². The zero-order chi connectivity index (χ0) is 10.9. The second-order valence-corrected chi connectivity index (χ2v) is 4.66. The van der Waals surface area contributed by atoms with Crippen LogP contribution in [0.2, 0.25) is 5.02 Å². The lowest BCUT2D eigenvalue weighted by Crippen LogP contribution is -2.51. The second-order valence-electron chi connectivity index (χ2n) is 4.23. The first-order valence-electron chi connectivity index (χ1n) is 5.03. The van der Waals surface area contributed by atoms with Crippen LogP contribution >= 0.6 is 11.6 Å². The first kappa shape index (κ1) is 10.4. The molecule has 1 saturated carbocycles. The summed E-state index contributed by atoms with van der Waals surface area (Å²) in [5.74, 6) is -0.139. The van der Waals surface area contributed by atoms with Crippen LogP contribution in [0.4, 0.5) is 0 Å². The zero-order valence-electron chi connectivity index (χ0n) is 8.59. The third-order valence-corrected chi connectivity index (χ3v) is 3.06. The van der Waals surface area contributed by atoms with Crippen LogP contribution in [0.1, 0.15) is 36.7 Å². The molecule has 0 bridgehead atoms. The molecule has 0 radical (unpaired) electrons. The minimum absolute atomic E-state index is 0.0406. The van der Waals surface area contributed by atoms with Crippen molar-refractivity contribution in [3.8, 4) is 0 Å². The predicted octanol–water partition coefficient (Wildman–Crippen LogP) is 2.41. The van der Waals surface area contributed by atoms with Gasteiger partial charge in [0.2, 0.25) is 0 Å². The topological polar surface area (TPSA) is 42.0 Å². The summed E-state index contributed by atoms with van der Waals surface area (Å²) in [6, 6.07) is 3.24. The van der Waals surface area contributed by atoms with Crippen molar-refractivity contribution < 1.29 is 4.79 Å². The Kier molecular flexibility index (Phi) is 2.65. The second kappa shape index (κ2) is 3.81. The van der Waals surface area contributed by atoms with Crippen LogP contribution in [0.25, 0.3) is 0 Å². The highest BCUT2D eigenvalue weighted by atomic mass is 35.5. The van der Waals surface area contributed by atoms with Crippen LogP contribution in [0.3, 0.4) is 0 Å². The highest BCUT2D eigenvalue weighted by Crippen LogP contribution is 2.31. The van der Waals surface area contributed by atoms with Crippen LogP contribution in [0.15, 0.2) is 18.3 Å². The van der Waals surface area contributed by atoms with Gasteiger partial charge in [-0.1, -0.05) is 11.6 Å². The molecule has 0 aliphatic heterocycles. The average molecular weight is 225 g/mol. The number of halogens is 1. The van der Waals surface area contributed by atoms with Gasteiger partial charge in [-0.2, -0.15) is 0 Å². The number of carbonyl (C=O) groups is 1. The molecular formula is C11H13ClN2O. The van der Waals surface area contributed by atoms with Crippen molar-refractivity contribution in [3.63, 3.8) is 0 Å². The molecule has 1 amide bonds. The Labute approximate surface area is 93.8 Å². The first-order valence-corrected chi connectivity index (χ1v) is 5.41. The molecule has 1 heterocycles. The summed E-state index contributed by atoms with van der Waals surface area (Å²) in [6.07, 6.45) is 4.80. The molecule has 1 aromatic rings. The fourth-order valence-corrected chi connectivity index (χ4v) is 1.86. The molecule has 0 saturated heterocycles. The van der Waals surface area contributed by atoms with E-state index in [0.29, 0.717) is 10.7 Å². The summed E-state index contributed by atoms with van der Waals surface area (Å²) in [4.78, 5) is 15.8. The summed E-state index contributed by atoms with van der Waals surface area (Å²) in [7, 11) is 0. The van der Waals surface area contributed by atoms with Gasteiger partial charge >= 0.3 is 0 Å². The molecular weight excluding hydrogens is 212 g/mol. The van der Waals surface area contributed by atoms with Gasteiger partial charge in [-0.15, -0.1) is 0 Å². The van der Waals surface area contributed by atoms with Crippen molar-refractivity contribution >= 4 is 17.5 Å². The molecule has 0 unspecified atom stereocenters. The molecule has 80 valence electrons.